The van der Waals surface area contributed by atoms with Crippen molar-refractivity contribution < 1.29 is 14.2 Å². The number of rotatable bonds is 2. The molecule has 0 aromatic carbocycles. The molecule has 3 nitrogen and oxygen atoms in total. The van der Waals surface area contributed by atoms with Gasteiger partial charge >= 0.3 is 0 Å². The summed E-state index contributed by atoms with van der Waals surface area (Å²) in [6.07, 6.45) is 3.40. The SMILES string of the molecule is CC=C1/C(=C\C)C(OC)OC1OC. The van der Waals surface area contributed by atoms with Crippen LogP contribution in [0.1, 0.15) is 13.8 Å². The third-order valence-corrected chi connectivity index (χ3v) is 2.14. The molecule has 74 valence electrons. The Bertz CT molecular complexity index is 206. The maximum atomic E-state index is 5.49. The van der Waals surface area contributed by atoms with Crippen molar-refractivity contribution in [3.63, 3.8) is 0 Å². The Labute approximate surface area is 79.0 Å². The van der Waals surface area contributed by atoms with Crippen molar-refractivity contribution >= 4 is 0 Å². The summed E-state index contributed by atoms with van der Waals surface area (Å²) in [5.74, 6) is 0. The quantitative estimate of drug-likeness (QED) is 0.655. The van der Waals surface area contributed by atoms with Gasteiger partial charge in [0.1, 0.15) is 0 Å². The van der Waals surface area contributed by atoms with Crippen molar-refractivity contribution in [3.8, 4) is 0 Å². The molecular weight excluding hydrogens is 168 g/mol. The number of allylic oxidation sites excluding steroid dienone is 2. The van der Waals surface area contributed by atoms with Crippen LogP contribution in [0.15, 0.2) is 23.3 Å². The minimum atomic E-state index is -0.291. The Hall–Kier alpha value is -0.640. The van der Waals surface area contributed by atoms with E-state index >= 15 is 0 Å². The Kier molecular flexibility index (Phi) is 3.66. The van der Waals surface area contributed by atoms with E-state index < -0.39 is 0 Å². The first-order valence-electron chi connectivity index (χ1n) is 4.32. The fraction of sp³-hybridized carbons (Fsp3) is 0.600. The Morgan fingerprint density at radius 3 is 1.62 bits per heavy atom. The first kappa shape index (κ1) is 10.4. The third-order valence-electron chi connectivity index (χ3n) is 2.14. The average Bonchev–Trinajstić information content (AvgIpc) is 2.54. The fourth-order valence-electron chi connectivity index (χ4n) is 1.50. The molecule has 1 saturated heterocycles. The van der Waals surface area contributed by atoms with E-state index in [0.717, 1.165) is 11.1 Å². The van der Waals surface area contributed by atoms with Crippen molar-refractivity contribution in [1.82, 2.24) is 0 Å². The molecule has 1 rings (SSSR count). The van der Waals surface area contributed by atoms with Crippen LogP contribution in [0.3, 0.4) is 0 Å². The van der Waals surface area contributed by atoms with Crippen LogP contribution >= 0.6 is 0 Å². The highest BCUT2D eigenvalue weighted by molar-refractivity contribution is 5.37. The zero-order chi connectivity index (χ0) is 9.84. The van der Waals surface area contributed by atoms with Gasteiger partial charge in [0, 0.05) is 25.4 Å². The van der Waals surface area contributed by atoms with Crippen LogP contribution in [0.4, 0.5) is 0 Å². The molecule has 0 aliphatic carbocycles. The molecule has 0 aromatic rings. The monoisotopic (exact) mass is 184 g/mol. The predicted molar refractivity (Wildman–Crippen MR) is 50.2 cm³/mol. The van der Waals surface area contributed by atoms with Gasteiger partial charge in [0.25, 0.3) is 0 Å². The molecule has 0 amide bonds. The van der Waals surface area contributed by atoms with E-state index in [4.69, 9.17) is 14.2 Å². The van der Waals surface area contributed by atoms with Crippen LogP contribution in [-0.2, 0) is 14.2 Å². The zero-order valence-electron chi connectivity index (χ0n) is 8.53. The van der Waals surface area contributed by atoms with Gasteiger partial charge in [-0.25, -0.2) is 0 Å². The van der Waals surface area contributed by atoms with Crippen molar-refractivity contribution in [1.29, 1.82) is 0 Å². The second-order valence-electron chi connectivity index (χ2n) is 2.76. The third kappa shape index (κ3) is 1.82. The van der Waals surface area contributed by atoms with Crippen LogP contribution in [-0.4, -0.2) is 26.8 Å². The second-order valence-corrected chi connectivity index (χ2v) is 2.76. The molecule has 0 radical (unpaired) electrons. The summed E-state index contributed by atoms with van der Waals surface area (Å²) in [6, 6.07) is 0. The predicted octanol–water partition coefficient (Wildman–Crippen LogP) is 1.85. The molecule has 13 heavy (non-hydrogen) atoms. The Morgan fingerprint density at radius 1 is 1.00 bits per heavy atom. The van der Waals surface area contributed by atoms with Gasteiger partial charge in [-0.2, -0.15) is 0 Å². The largest absolute Gasteiger partial charge is 0.352 e. The molecule has 0 saturated carbocycles. The van der Waals surface area contributed by atoms with Gasteiger partial charge in [-0.3, -0.25) is 0 Å². The van der Waals surface area contributed by atoms with Gasteiger partial charge in [-0.05, 0) is 13.8 Å². The maximum Gasteiger partial charge on any atom is 0.187 e. The smallest absolute Gasteiger partial charge is 0.187 e. The molecule has 2 unspecified atom stereocenters. The normalized spacial score (nSPS) is 34.8. The van der Waals surface area contributed by atoms with E-state index in [0.29, 0.717) is 0 Å². The molecule has 0 spiro atoms. The molecule has 0 bridgehead atoms. The standard InChI is InChI=1S/C10H16O3/c1-5-7-8(6-2)10(12-4)13-9(7)11-3/h5-6,9-10H,1-4H3/b7-5+,8-6?. The molecule has 1 heterocycles. The Morgan fingerprint density at radius 2 is 1.38 bits per heavy atom. The second kappa shape index (κ2) is 4.56. The van der Waals surface area contributed by atoms with Crippen molar-refractivity contribution in [2.24, 2.45) is 0 Å². The number of ether oxygens (including phenoxy) is 3. The highest BCUT2D eigenvalue weighted by Crippen LogP contribution is 2.31. The van der Waals surface area contributed by atoms with Crippen molar-refractivity contribution in [3.05, 3.63) is 23.3 Å². The van der Waals surface area contributed by atoms with Gasteiger partial charge in [-0.1, -0.05) is 12.2 Å². The van der Waals surface area contributed by atoms with E-state index in [1.54, 1.807) is 14.2 Å². The van der Waals surface area contributed by atoms with Crippen molar-refractivity contribution in [2.45, 2.75) is 26.4 Å². The van der Waals surface area contributed by atoms with Gasteiger partial charge < -0.3 is 14.2 Å². The first-order valence-corrected chi connectivity index (χ1v) is 4.32. The molecular formula is C10H16O3. The van der Waals surface area contributed by atoms with Crippen LogP contribution < -0.4 is 0 Å². The lowest BCUT2D eigenvalue weighted by molar-refractivity contribution is -0.171. The molecule has 0 N–H and O–H groups in total. The number of hydrogen-bond acceptors (Lipinski definition) is 3. The summed E-state index contributed by atoms with van der Waals surface area (Å²) in [6.45, 7) is 3.93. The molecule has 3 heteroatoms. The van der Waals surface area contributed by atoms with E-state index in [2.05, 4.69) is 0 Å². The number of hydrogen-bond donors (Lipinski definition) is 0. The van der Waals surface area contributed by atoms with Gasteiger partial charge in [0.2, 0.25) is 0 Å². The highest BCUT2D eigenvalue weighted by atomic mass is 16.8. The fourth-order valence-corrected chi connectivity index (χ4v) is 1.50. The molecule has 1 aliphatic rings. The van der Waals surface area contributed by atoms with Crippen LogP contribution in [0, 0.1) is 0 Å². The van der Waals surface area contributed by atoms with Crippen LogP contribution in [0.5, 0.6) is 0 Å². The summed E-state index contributed by atoms with van der Waals surface area (Å²) < 4.78 is 15.8. The van der Waals surface area contributed by atoms with Crippen LogP contribution in [0.25, 0.3) is 0 Å². The lowest BCUT2D eigenvalue weighted by Gasteiger charge is -2.09. The maximum absolute atomic E-state index is 5.49. The van der Waals surface area contributed by atoms with E-state index in [-0.39, 0.29) is 12.6 Å². The summed E-state index contributed by atoms with van der Waals surface area (Å²) in [5.41, 5.74) is 2.11. The topological polar surface area (TPSA) is 27.7 Å². The van der Waals surface area contributed by atoms with Gasteiger partial charge in [-0.15, -0.1) is 0 Å². The van der Waals surface area contributed by atoms with Gasteiger partial charge in [0.05, 0.1) is 0 Å². The van der Waals surface area contributed by atoms with E-state index in [1.807, 2.05) is 26.0 Å². The van der Waals surface area contributed by atoms with E-state index in [9.17, 15) is 0 Å². The summed E-state index contributed by atoms with van der Waals surface area (Å²) in [5, 5.41) is 0. The molecule has 1 fully saturated rings. The minimum absolute atomic E-state index is 0.291. The first-order chi connectivity index (χ1) is 6.28. The molecule has 0 aromatic heterocycles. The number of methoxy groups -OCH3 is 2. The zero-order valence-corrected chi connectivity index (χ0v) is 8.53. The summed E-state index contributed by atoms with van der Waals surface area (Å²) in [7, 11) is 3.25. The Balaban J connectivity index is 2.91. The lowest BCUT2D eigenvalue weighted by Crippen LogP contribution is -2.14. The van der Waals surface area contributed by atoms with Crippen LogP contribution in [0.2, 0.25) is 0 Å². The summed E-state index contributed by atoms with van der Waals surface area (Å²) >= 11 is 0. The summed E-state index contributed by atoms with van der Waals surface area (Å²) in [4.78, 5) is 0. The van der Waals surface area contributed by atoms with E-state index in [1.165, 1.54) is 0 Å². The minimum Gasteiger partial charge on any atom is -0.352 e. The average molecular weight is 184 g/mol. The molecule has 2 atom stereocenters. The highest BCUT2D eigenvalue weighted by Gasteiger charge is 2.33. The van der Waals surface area contributed by atoms with Gasteiger partial charge in [0.15, 0.2) is 12.6 Å². The van der Waals surface area contributed by atoms with Crippen molar-refractivity contribution in [2.75, 3.05) is 14.2 Å². The molecule has 1 aliphatic heterocycles. The lowest BCUT2D eigenvalue weighted by atomic mass is 10.1.